The van der Waals surface area contributed by atoms with Gasteiger partial charge in [-0.05, 0) is 36.4 Å². The zero-order chi connectivity index (χ0) is 24.2. The molecular weight excluding hydrogens is 444 g/mol. The first-order chi connectivity index (χ1) is 17.8. The van der Waals surface area contributed by atoms with Gasteiger partial charge in [0.1, 0.15) is 0 Å². The number of nitrogens with zero attached hydrogens (tertiary/aromatic N) is 4. The second-order valence-electron chi connectivity index (χ2n) is 8.26. The third-order valence-corrected chi connectivity index (χ3v) is 5.96. The van der Waals surface area contributed by atoms with Gasteiger partial charge in [-0.25, -0.2) is 9.97 Å². The topological polar surface area (TPSA) is 83.1 Å². The molecule has 2 aliphatic rings. The van der Waals surface area contributed by atoms with Crippen molar-refractivity contribution in [3.05, 3.63) is 121 Å². The highest BCUT2D eigenvalue weighted by Crippen LogP contribution is 2.28. The van der Waals surface area contributed by atoms with Gasteiger partial charge in [-0.2, -0.15) is 0 Å². The Balaban J connectivity index is 1.26. The molecule has 36 heavy (non-hydrogen) atoms. The van der Waals surface area contributed by atoms with Crippen LogP contribution in [0.1, 0.15) is 22.8 Å². The van der Waals surface area contributed by atoms with E-state index in [1.54, 1.807) is 12.7 Å². The van der Waals surface area contributed by atoms with Crippen LogP contribution in [-0.2, 0) is 0 Å². The van der Waals surface area contributed by atoms with E-state index in [1.807, 2.05) is 79.2 Å². The lowest BCUT2D eigenvalue weighted by atomic mass is 10.1. The quantitative estimate of drug-likeness (QED) is 0.286. The Hall–Kier alpha value is -5.10. The van der Waals surface area contributed by atoms with Gasteiger partial charge in [-0.1, -0.05) is 60.7 Å². The Labute approximate surface area is 208 Å². The first-order valence-electron chi connectivity index (χ1n) is 11.6. The van der Waals surface area contributed by atoms with Crippen LogP contribution in [0.2, 0.25) is 0 Å². The minimum Gasteiger partial charge on any atom is -0.345 e. The number of nitrogens with one attached hydrogen (secondary N) is 2. The summed E-state index contributed by atoms with van der Waals surface area (Å²) < 4.78 is 0. The predicted octanol–water partition coefficient (Wildman–Crippen LogP) is 6.70. The number of hydrogen-bond donors (Lipinski definition) is 2. The molecule has 2 aliphatic heterocycles. The Kier molecular flexibility index (Phi) is 5.74. The van der Waals surface area contributed by atoms with Crippen molar-refractivity contribution in [3.63, 3.8) is 0 Å². The molecule has 0 amide bonds. The van der Waals surface area contributed by atoms with Crippen molar-refractivity contribution in [3.8, 4) is 33.6 Å². The first-order valence-corrected chi connectivity index (χ1v) is 11.6. The number of benzene rings is 2. The number of H-pyrrole nitrogens is 2. The second kappa shape index (κ2) is 9.64. The molecule has 0 radical (unpaired) electrons. The first kappa shape index (κ1) is 21.4. The van der Waals surface area contributed by atoms with E-state index in [2.05, 4.69) is 60.2 Å². The number of hydrogen-bond acceptors (Lipinski definition) is 4. The Morgan fingerprint density at radius 3 is 1.72 bits per heavy atom. The minimum atomic E-state index is 0.842. The number of fused-ring (bicyclic) bond motifs is 1. The third kappa shape index (κ3) is 4.35. The van der Waals surface area contributed by atoms with Gasteiger partial charge in [-0.3, -0.25) is 9.97 Å². The molecule has 0 unspecified atom stereocenters. The molecule has 6 heteroatoms. The van der Waals surface area contributed by atoms with E-state index in [1.165, 1.54) is 0 Å². The van der Waals surface area contributed by atoms with Crippen LogP contribution in [0.25, 0.3) is 57.9 Å². The lowest BCUT2D eigenvalue weighted by Crippen LogP contribution is -1.81. The highest BCUT2D eigenvalue weighted by Gasteiger charge is 2.10. The molecule has 6 rings (SSSR count). The standard InChI is InChI=1S/C30H22N6/c1-3-7-21(8-4-1)29-27(33-19-35-29)14-12-24-11-13-25-23(17-31-24)18-32-26(25)15-16-28-30(36-20-34-28)22-9-5-2-6-10-22/h1-20H,(H,33,35)(H,34,36)/b14-12+,16-15+. The molecule has 0 fully saturated rings. The summed E-state index contributed by atoms with van der Waals surface area (Å²) in [6.45, 7) is 0. The average molecular weight is 467 g/mol. The molecule has 172 valence electrons. The van der Waals surface area contributed by atoms with Crippen molar-refractivity contribution in [1.29, 1.82) is 0 Å². The predicted molar refractivity (Wildman–Crippen MR) is 145 cm³/mol. The van der Waals surface area contributed by atoms with Crippen LogP contribution in [0.5, 0.6) is 0 Å². The summed E-state index contributed by atoms with van der Waals surface area (Å²) in [5, 5.41) is 0. The Morgan fingerprint density at radius 1 is 0.500 bits per heavy atom. The van der Waals surface area contributed by atoms with E-state index in [0.717, 1.165) is 56.4 Å². The molecular formula is C30H22N6. The second-order valence-corrected chi connectivity index (χ2v) is 8.26. The van der Waals surface area contributed by atoms with Crippen LogP contribution in [0.3, 0.4) is 0 Å². The maximum absolute atomic E-state index is 4.65. The van der Waals surface area contributed by atoms with Crippen LogP contribution in [0.15, 0.2) is 97.8 Å². The summed E-state index contributed by atoms with van der Waals surface area (Å²) in [4.78, 5) is 24.6. The fourth-order valence-corrected chi connectivity index (χ4v) is 4.14. The van der Waals surface area contributed by atoms with Crippen molar-refractivity contribution in [2.24, 2.45) is 0 Å². The van der Waals surface area contributed by atoms with Crippen molar-refractivity contribution in [2.45, 2.75) is 0 Å². The van der Waals surface area contributed by atoms with E-state index in [0.29, 0.717) is 0 Å². The molecule has 2 aromatic heterocycles. The van der Waals surface area contributed by atoms with Gasteiger partial charge in [0.2, 0.25) is 0 Å². The van der Waals surface area contributed by atoms with Gasteiger partial charge in [0.25, 0.3) is 0 Å². The van der Waals surface area contributed by atoms with Crippen LogP contribution in [0, 0.1) is 0 Å². The molecule has 4 heterocycles. The van der Waals surface area contributed by atoms with Gasteiger partial charge in [0, 0.05) is 34.6 Å². The van der Waals surface area contributed by atoms with E-state index in [4.69, 9.17) is 0 Å². The molecule has 0 spiro atoms. The number of aromatic nitrogens is 6. The van der Waals surface area contributed by atoms with Crippen molar-refractivity contribution in [1.82, 2.24) is 29.9 Å². The smallest absolute Gasteiger partial charge is 0.0954 e. The Morgan fingerprint density at radius 2 is 1.08 bits per heavy atom. The average Bonchev–Trinajstić information content (AvgIpc) is 3.65. The normalized spacial score (nSPS) is 11.7. The maximum atomic E-state index is 4.65. The van der Waals surface area contributed by atoms with Crippen molar-refractivity contribution >= 4 is 24.3 Å². The van der Waals surface area contributed by atoms with Crippen LogP contribution in [0.4, 0.5) is 0 Å². The summed E-state index contributed by atoms with van der Waals surface area (Å²) >= 11 is 0. The van der Waals surface area contributed by atoms with E-state index in [-0.39, 0.29) is 0 Å². The number of aromatic amines is 2. The van der Waals surface area contributed by atoms with Crippen molar-refractivity contribution < 1.29 is 0 Å². The highest BCUT2D eigenvalue weighted by atomic mass is 14.9. The fourth-order valence-electron chi connectivity index (χ4n) is 4.14. The summed E-state index contributed by atoms with van der Waals surface area (Å²) in [5.74, 6) is 0. The van der Waals surface area contributed by atoms with Gasteiger partial charge in [-0.15, -0.1) is 0 Å². The Bertz CT molecular complexity index is 1630. The monoisotopic (exact) mass is 466 g/mol. The summed E-state index contributed by atoms with van der Waals surface area (Å²) in [7, 11) is 0. The zero-order valence-corrected chi connectivity index (χ0v) is 19.3. The number of rotatable bonds is 6. The van der Waals surface area contributed by atoms with Crippen LogP contribution < -0.4 is 0 Å². The lowest BCUT2D eigenvalue weighted by Gasteiger charge is -1.98. The van der Waals surface area contributed by atoms with E-state index >= 15 is 0 Å². The largest absolute Gasteiger partial charge is 0.345 e. The molecule has 0 saturated carbocycles. The number of imidazole rings is 2. The maximum Gasteiger partial charge on any atom is 0.0954 e. The summed E-state index contributed by atoms with van der Waals surface area (Å²) in [6.07, 6.45) is 15.1. The van der Waals surface area contributed by atoms with Gasteiger partial charge < -0.3 is 9.97 Å². The van der Waals surface area contributed by atoms with Gasteiger partial charge in [0.15, 0.2) is 0 Å². The molecule has 0 aliphatic carbocycles. The molecule has 4 aromatic rings. The molecule has 0 bridgehead atoms. The highest BCUT2D eigenvalue weighted by molar-refractivity contribution is 5.83. The zero-order valence-electron chi connectivity index (χ0n) is 19.3. The van der Waals surface area contributed by atoms with Gasteiger partial charge >= 0.3 is 0 Å². The van der Waals surface area contributed by atoms with Crippen LogP contribution >= 0.6 is 0 Å². The van der Waals surface area contributed by atoms with Crippen molar-refractivity contribution in [2.75, 3.05) is 0 Å². The molecule has 0 atom stereocenters. The van der Waals surface area contributed by atoms with E-state index < -0.39 is 0 Å². The third-order valence-electron chi connectivity index (χ3n) is 5.96. The minimum absolute atomic E-state index is 0.842. The van der Waals surface area contributed by atoms with Gasteiger partial charge in [0.05, 0.1) is 46.8 Å². The molecule has 2 aromatic carbocycles. The summed E-state index contributed by atoms with van der Waals surface area (Å²) in [5.41, 5.74) is 9.57. The van der Waals surface area contributed by atoms with E-state index in [9.17, 15) is 0 Å². The summed E-state index contributed by atoms with van der Waals surface area (Å²) in [6, 6.07) is 24.3. The molecule has 6 nitrogen and oxygen atoms in total. The lowest BCUT2D eigenvalue weighted by molar-refractivity contribution is 1.30. The molecule has 2 N–H and O–H groups in total. The fraction of sp³-hybridized carbons (Fsp3) is 0. The molecule has 0 saturated heterocycles. The van der Waals surface area contributed by atoms with Crippen LogP contribution in [-0.4, -0.2) is 29.9 Å². The SMILES string of the molecule is C(=C\c1[nH]cnc1-c1ccccc1)/c1ccc2c(/C=C/c3[nH]cnc3-c3ccccc3)ncc-2cn1.